The molecule has 19 nitrogen and oxygen atoms in total. The zero-order valence-electron chi connectivity index (χ0n) is 27.8. The van der Waals surface area contributed by atoms with Gasteiger partial charge in [-0.25, -0.2) is 0 Å². The molecule has 0 aliphatic carbocycles. The minimum absolute atomic E-state index is 0.0562. The first-order chi connectivity index (χ1) is 23.0. The molecular weight excluding hydrogens is 640 g/mol. The molecule has 0 radical (unpaired) electrons. The number of aliphatic hydroxyl groups is 1. The molecule has 0 bridgehead atoms. The van der Waals surface area contributed by atoms with Crippen LogP contribution in [0.4, 0.5) is 0 Å². The molecule has 0 aromatic carbocycles. The lowest BCUT2D eigenvalue weighted by Crippen LogP contribution is -2.50. The third-order valence-corrected chi connectivity index (χ3v) is 7.05. The van der Waals surface area contributed by atoms with Gasteiger partial charge < -0.3 is 50.5 Å². The number of amides is 2. The molecule has 7 N–H and O–H groups in total. The first-order valence-electron chi connectivity index (χ1n) is 15.7. The lowest BCUT2D eigenvalue weighted by molar-refractivity contribution is -0.140. The van der Waals surface area contributed by atoms with Crippen LogP contribution >= 0.6 is 0 Å². The fourth-order valence-corrected chi connectivity index (χ4v) is 4.61. The number of aliphatic carboxylic acids is 3. The Morgan fingerprint density at radius 2 is 1.06 bits per heavy atom. The van der Waals surface area contributed by atoms with E-state index in [-0.39, 0.29) is 117 Å². The number of primary amides is 1. The van der Waals surface area contributed by atoms with E-state index in [2.05, 4.69) is 5.32 Å². The summed E-state index contributed by atoms with van der Waals surface area (Å²) >= 11 is 0. The number of aldehydes is 1. The molecular formula is C29H54N6O13. The molecule has 1 atom stereocenters. The molecule has 1 aliphatic heterocycles. The first kappa shape index (κ1) is 44.7. The molecule has 19 heteroatoms. The van der Waals surface area contributed by atoms with Gasteiger partial charge in [-0.3, -0.25) is 43.6 Å². The third kappa shape index (κ3) is 24.8. The van der Waals surface area contributed by atoms with E-state index in [0.717, 1.165) is 13.4 Å². The molecule has 278 valence electrons. The van der Waals surface area contributed by atoms with Gasteiger partial charge in [-0.2, -0.15) is 0 Å². The number of carbonyl (C=O) groups is 6. The van der Waals surface area contributed by atoms with Crippen molar-refractivity contribution < 1.29 is 63.4 Å². The number of nitrogens with zero attached hydrogens (tertiary/aromatic N) is 4. The zero-order chi connectivity index (χ0) is 36.2. The fraction of sp³-hybridized carbons (Fsp3) is 0.793. The summed E-state index contributed by atoms with van der Waals surface area (Å²) in [6.07, 6.45) is 1.15. The van der Waals surface area contributed by atoms with Gasteiger partial charge in [0.05, 0.1) is 65.3 Å². The quantitative estimate of drug-likeness (QED) is 0.0447. The number of aliphatic hydroxyl groups excluding tert-OH is 1. The highest BCUT2D eigenvalue weighted by atomic mass is 16.5. The van der Waals surface area contributed by atoms with Crippen molar-refractivity contribution in [1.29, 1.82) is 0 Å². The van der Waals surface area contributed by atoms with E-state index < -0.39 is 29.9 Å². The van der Waals surface area contributed by atoms with Crippen molar-refractivity contribution in [3.8, 4) is 0 Å². The molecule has 1 saturated heterocycles. The van der Waals surface area contributed by atoms with Gasteiger partial charge in [0, 0.05) is 78.9 Å². The molecule has 1 heterocycles. The maximum absolute atomic E-state index is 12.4. The second-order valence-electron chi connectivity index (χ2n) is 10.7. The highest BCUT2D eigenvalue weighted by molar-refractivity contribution is 5.76. The monoisotopic (exact) mass is 694 g/mol. The van der Waals surface area contributed by atoms with Crippen molar-refractivity contribution >= 4 is 36.0 Å². The highest BCUT2D eigenvalue weighted by Gasteiger charge is 2.24. The minimum Gasteiger partial charge on any atom is -0.480 e. The fourth-order valence-electron chi connectivity index (χ4n) is 4.61. The Morgan fingerprint density at radius 1 is 0.667 bits per heavy atom. The molecule has 48 heavy (non-hydrogen) atoms. The predicted molar refractivity (Wildman–Crippen MR) is 170 cm³/mol. The Hall–Kier alpha value is -3.30. The van der Waals surface area contributed by atoms with Crippen LogP contribution < -0.4 is 11.1 Å². The van der Waals surface area contributed by atoms with Crippen molar-refractivity contribution in [1.82, 2.24) is 24.9 Å². The Balaban J connectivity index is 0.0000108. The number of nitrogens with one attached hydrogen (secondary N) is 1. The van der Waals surface area contributed by atoms with Crippen LogP contribution in [0.1, 0.15) is 19.3 Å². The second-order valence-corrected chi connectivity index (χ2v) is 10.7. The lowest BCUT2D eigenvalue weighted by Gasteiger charge is -2.35. The van der Waals surface area contributed by atoms with Gasteiger partial charge in [0.2, 0.25) is 11.8 Å². The van der Waals surface area contributed by atoms with Gasteiger partial charge in [-0.15, -0.1) is 0 Å². The SMILES string of the molecule is CO.NC(=O)CCOCCOCCOCCNC(=O)CCC(C=O)N1CCN(CC(=O)O)CCN(CC(=O)O)CCN(CC(=O)O)CC1. The van der Waals surface area contributed by atoms with Crippen molar-refractivity contribution in [2.24, 2.45) is 5.73 Å². The number of ether oxygens (including phenoxy) is 3. The summed E-state index contributed by atoms with van der Waals surface area (Å²) in [5.41, 5.74) is 5.02. The van der Waals surface area contributed by atoms with E-state index in [1.807, 2.05) is 4.90 Å². The van der Waals surface area contributed by atoms with Gasteiger partial charge in [-0.1, -0.05) is 0 Å². The van der Waals surface area contributed by atoms with E-state index in [4.69, 9.17) is 25.1 Å². The number of hydrogen-bond acceptors (Lipinski definition) is 14. The molecule has 0 spiro atoms. The molecule has 0 aromatic heterocycles. The number of nitrogens with two attached hydrogens (primary N) is 1. The summed E-state index contributed by atoms with van der Waals surface area (Å²) in [6, 6.07) is -0.663. The first-order valence-corrected chi connectivity index (χ1v) is 15.7. The van der Waals surface area contributed by atoms with Crippen LogP contribution in [0.15, 0.2) is 0 Å². The van der Waals surface area contributed by atoms with Crippen LogP contribution in [-0.2, 0) is 43.0 Å². The zero-order valence-corrected chi connectivity index (χ0v) is 27.8. The molecule has 1 fully saturated rings. The lowest BCUT2D eigenvalue weighted by atomic mass is 10.1. The van der Waals surface area contributed by atoms with Gasteiger partial charge >= 0.3 is 17.9 Å². The average Bonchev–Trinajstić information content (AvgIpc) is 3.02. The van der Waals surface area contributed by atoms with Crippen molar-refractivity contribution in [3.63, 3.8) is 0 Å². The van der Waals surface area contributed by atoms with E-state index >= 15 is 0 Å². The van der Waals surface area contributed by atoms with Crippen molar-refractivity contribution in [2.45, 2.75) is 25.3 Å². The van der Waals surface area contributed by atoms with Gasteiger partial charge in [0.1, 0.15) is 6.29 Å². The number of rotatable bonds is 23. The smallest absolute Gasteiger partial charge is 0.317 e. The molecule has 0 saturated carbocycles. The van der Waals surface area contributed by atoms with Crippen LogP contribution in [0.25, 0.3) is 0 Å². The van der Waals surface area contributed by atoms with Crippen LogP contribution in [-0.4, -0.2) is 207 Å². The van der Waals surface area contributed by atoms with Gasteiger partial charge in [-0.05, 0) is 6.42 Å². The van der Waals surface area contributed by atoms with Crippen molar-refractivity contribution in [2.75, 3.05) is 125 Å². The summed E-state index contributed by atoms with van der Waals surface area (Å²) in [5.74, 6) is -3.82. The van der Waals surface area contributed by atoms with Crippen LogP contribution in [0.5, 0.6) is 0 Å². The number of carbonyl (C=O) groups excluding carboxylic acids is 3. The summed E-state index contributed by atoms with van der Waals surface area (Å²) < 4.78 is 15.9. The number of carboxylic acid groups (broad SMARTS) is 3. The third-order valence-electron chi connectivity index (χ3n) is 7.05. The van der Waals surface area contributed by atoms with Crippen LogP contribution in [0, 0.1) is 0 Å². The standard InChI is InChI=1S/C28H50N6O12.CH4O/c29-24(36)3-13-44-15-17-46-18-16-45-14-4-30-25(37)2-1-23(22-35)34-11-9-32(20-27(40)41)7-5-31(19-26(38)39)6-8-33(10-12-34)21-28(42)43;1-2/h22-23H,1-21H2,(H2,29,36)(H,30,37)(H,38,39)(H,40,41)(H,42,43);2H,1H3. The maximum atomic E-state index is 12.4. The van der Waals surface area contributed by atoms with Crippen molar-refractivity contribution in [3.05, 3.63) is 0 Å². The number of hydrogen-bond donors (Lipinski definition) is 6. The summed E-state index contributed by atoms with van der Waals surface area (Å²) in [7, 11) is 1.00. The molecule has 2 amide bonds. The molecule has 0 aromatic rings. The van der Waals surface area contributed by atoms with E-state index in [0.29, 0.717) is 26.4 Å². The summed E-state index contributed by atoms with van der Waals surface area (Å²) in [4.78, 5) is 76.3. The molecule has 1 unspecified atom stereocenters. The average molecular weight is 695 g/mol. The minimum atomic E-state index is -1.04. The Kier molecular flexibility index (Phi) is 26.7. The summed E-state index contributed by atoms with van der Waals surface area (Å²) in [5, 5.41) is 37.8. The number of carboxylic acids is 3. The predicted octanol–water partition coefficient (Wildman–Crippen LogP) is -3.54. The van der Waals surface area contributed by atoms with E-state index in [1.54, 1.807) is 14.7 Å². The van der Waals surface area contributed by atoms with E-state index in [9.17, 15) is 44.1 Å². The topological polar surface area (TPSA) is 262 Å². The Labute approximate surface area is 280 Å². The second kappa shape index (κ2) is 28.7. The largest absolute Gasteiger partial charge is 0.480 e. The highest BCUT2D eigenvalue weighted by Crippen LogP contribution is 2.08. The molecule has 1 rings (SSSR count). The Bertz CT molecular complexity index is 913. The Morgan fingerprint density at radius 3 is 1.46 bits per heavy atom. The van der Waals surface area contributed by atoms with Crippen LogP contribution in [0.2, 0.25) is 0 Å². The van der Waals surface area contributed by atoms with Gasteiger partial charge in [0.25, 0.3) is 0 Å². The normalized spacial score (nSPS) is 16.4. The maximum Gasteiger partial charge on any atom is 0.317 e. The summed E-state index contributed by atoms with van der Waals surface area (Å²) in [6.45, 7) is 3.46. The molecule has 1 aliphatic rings. The van der Waals surface area contributed by atoms with Crippen LogP contribution in [0.3, 0.4) is 0 Å². The van der Waals surface area contributed by atoms with Gasteiger partial charge in [0.15, 0.2) is 0 Å². The van der Waals surface area contributed by atoms with E-state index in [1.165, 1.54) is 0 Å².